The number of carbonyl (C=O) groups is 4. The van der Waals surface area contributed by atoms with Gasteiger partial charge in [-0.25, -0.2) is 9.59 Å². The van der Waals surface area contributed by atoms with Gasteiger partial charge in [-0.05, 0) is 75.8 Å². The van der Waals surface area contributed by atoms with E-state index in [0.717, 1.165) is 65.8 Å². The van der Waals surface area contributed by atoms with Crippen LogP contribution in [0.25, 0.3) is 0 Å². The third-order valence-electron chi connectivity index (χ3n) is 6.55. The zero-order valence-electron chi connectivity index (χ0n) is 21.1. The van der Waals surface area contributed by atoms with Gasteiger partial charge in [-0.3, -0.25) is 9.59 Å². The summed E-state index contributed by atoms with van der Waals surface area (Å²) in [7, 11) is 0. The van der Waals surface area contributed by atoms with E-state index in [9.17, 15) is 19.2 Å². The number of ether oxygens (including phenoxy) is 2. The Balaban J connectivity index is 1.53. The van der Waals surface area contributed by atoms with Gasteiger partial charge in [0.2, 0.25) is 5.91 Å². The van der Waals surface area contributed by atoms with Gasteiger partial charge in [-0.15, -0.1) is 22.7 Å². The lowest BCUT2D eigenvalue weighted by Gasteiger charge is -2.18. The Hall–Kier alpha value is -2.72. The predicted octanol–water partition coefficient (Wildman–Crippen LogP) is 5.13. The summed E-state index contributed by atoms with van der Waals surface area (Å²) in [4.78, 5) is 52.9. The molecule has 10 heteroatoms. The molecule has 2 atom stereocenters. The number of rotatable bonds is 7. The second-order valence-corrected chi connectivity index (χ2v) is 11.6. The molecule has 0 saturated heterocycles. The van der Waals surface area contributed by atoms with Crippen molar-refractivity contribution in [3.05, 3.63) is 32.0 Å². The number of aryl methyl sites for hydroxylation is 1. The van der Waals surface area contributed by atoms with Crippen LogP contribution in [0, 0.1) is 5.92 Å². The number of fused-ring (bicyclic) bond motifs is 2. The van der Waals surface area contributed by atoms with Crippen molar-refractivity contribution in [2.75, 3.05) is 17.2 Å². The van der Waals surface area contributed by atoms with Crippen molar-refractivity contribution in [2.24, 2.45) is 5.92 Å². The van der Waals surface area contributed by atoms with Crippen LogP contribution < -0.4 is 10.6 Å². The molecule has 2 aromatic rings. The molecule has 0 fully saturated rings. The van der Waals surface area contributed by atoms with Crippen molar-refractivity contribution >= 4 is 56.4 Å². The Morgan fingerprint density at radius 2 is 1.58 bits per heavy atom. The topological polar surface area (TPSA) is 111 Å². The summed E-state index contributed by atoms with van der Waals surface area (Å²) < 4.78 is 10.8. The van der Waals surface area contributed by atoms with Gasteiger partial charge >= 0.3 is 11.9 Å². The van der Waals surface area contributed by atoms with E-state index in [1.807, 2.05) is 0 Å². The quantitative estimate of drug-likeness (QED) is 0.478. The number of nitrogens with one attached hydrogen (secondary N) is 2. The minimum absolute atomic E-state index is 0.239. The molecular weight excluding hydrogens is 500 g/mol. The van der Waals surface area contributed by atoms with E-state index >= 15 is 0 Å². The van der Waals surface area contributed by atoms with E-state index in [-0.39, 0.29) is 12.5 Å². The number of hydrogen-bond acceptors (Lipinski definition) is 8. The molecule has 2 aromatic heterocycles. The van der Waals surface area contributed by atoms with Crippen molar-refractivity contribution in [3.63, 3.8) is 0 Å². The molecule has 2 amide bonds. The number of hydrogen-bond donors (Lipinski definition) is 2. The highest BCUT2D eigenvalue weighted by molar-refractivity contribution is 7.17. The largest absolute Gasteiger partial charge is 0.462 e. The first kappa shape index (κ1) is 26.3. The van der Waals surface area contributed by atoms with Gasteiger partial charge in [0.15, 0.2) is 6.10 Å². The molecule has 4 rings (SSSR count). The van der Waals surface area contributed by atoms with Gasteiger partial charge in [0.1, 0.15) is 10.0 Å². The third kappa shape index (κ3) is 5.49. The van der Waals surface area contributed by atoms with E-state index in [2.05, 4.69) is 17.6 Å². The maximum Gasteiger partial charge on any atom is 0.342 e. The normalized spacial score (nSPS) is 17.4. The molecule has 0 aliphatic heterocycles. The average Bonchev–Trinajstić information content (AvgIpc) is 3.35. The number of thiophene rings is 2. The molecule has 0 bridgehead atoms. The van der Waals surface area contributed by atoms with E-state index in [0.29, 0.717) is 27.0 Å². The minimum Gasteiger partial charge on any atom is -0.462 e. The van der Waals surface area contributed by atoms with Crippen molar-refractivity contribution in [1.29, 1.82) is 0 Å². The average molecular weight is 533 g/mol. The van der Waals surface area contributed by atoms with Crippen molar-refractivity contribution in [2.45, 2.75) is 78.7 Å². The van der Waals surface area contributed by atoms with E-state index in [4.69, 9.17) is 9.47 Å². The lowest BCUT2D eigenvalue weighted by Crippen LogP contribution is -2.30. The Kier molecular flexibility index (Phi) is 8.14. The first-order valence-corrected chi connectivity index (χ1v) is 14.1. The van der Waals surface area contributed by atoms with Crippen LogP contribution in [0.2, 0.25) is 0 Å². The Morgan fingerprint density at radius 1 is 0.944 bits per heavy atom. The van der Waals surface area contributed by atoms with Crippen LogP contribution in [0.1, 0.15) is 88.6 Å². The Bertz CT molecular complexity index is 1200. The number of carbonyl (C=O) groups excluding carboxylic acids is 4. The highest BCUT2D eigenvalue weighted by Gasteiger charge is 2.32. The Morgan fingerprint density at radius 3 is 2.31 bits per heavy atom. The van der Waals surface area contributed by atoms with E-state index in [1.54, 1.807) is 6.92 Å². The summed E-state index contributed by atoms with van der Waals surface area (Å²) in [5.41, 5.74) is 2.60. The zero-order chi connectivity index (χ0) is 26.0. The number of esters is 2. The molecule has 36 heavy (non-hydrogen) atoms. The van der Waals surface area contributed by atoms with Crippen LogP contribution in [0.4, 0.5) is 10.0 Å². The molecule has 0 saturated carbocycles. The predicted molar refractivity (Wildman–Crippen MR) is 140 cm³/mol. The third-order valence-corrected chi connectivity index (χ3v) is 8.92. The lowest BCUT2D eigenvalue weighted by atomic mass is 9.88. The SMILES string of the molecule is CCOC(=O)c1c(NC(=O)[C@H](C)OC(=O)c2c(NC(C)=O)sc3c2CCCC3)sc2c1CC[C@@H](C)C2. The lowest BCUT2D eigenvalue weighted by molar-refractivity contribution is -0.123. The standard InChI is InChI=1S/C26H32N2O6S2/c1-5-33-25(31)20-17-11-10-13(2)12-19(17)36-24(20)28-22(30)14(3)34-26(32)21-16-8-6-7-9-18(16)35-23(21)27-15(4)29/h13-14H,5-12H2,1-4H3,(H,27,29)(H,28,30)/t13-,14+/m1/s1. The second-order valence-electron chi connectivity index (χ2n) is 9.41. The van der Waals surface area contributed by atoms with Crippen LogP contribution in [0.15, 0.2) is 0 Å². The first-order chi connectivity index (χ1) is 17.2. The molecule has 0 spiro atoms. The fraction of sp³-hybridized carbons (Fsp3) is 0.538. The van der Waals surface area contributed by atoms with Gasteiger partial charge in [-0.1, -0.05) is 6.92 Å². The molecule has 2 N–H and O–H groups in total. The summed E-state index contributed by atoms with van der Waals surface area (Å²) >= 11 is 2.79. The smallest absolute Gasteiger partial charge is 0.342 e. The molecule has 0 unspecified atom stereocenters. The Labute approximate surface area is 218 Å². The zero-order valence-corrected chi connectivity index (χ0v) is 22.7. The van der Waals surface area contributed by atoms with Crippen molar-refractivity contribution < 1.29 is 28.7 Å². The highest BCUT2D eigenvalue weighted by atomic mass is 32.1. The van der Waals surface area contributed by atoms with Crippen LogP contribution >= 0.6 is 22.7 Å². The molecule has 0 aromatic carbocycles. The second kappa shape index (κ2) is 11.1. The van der Waals surface area contributed by atoms with Crippen LogP contribution in [0.5, 0.6) is 0 Å². The minimum atomic E-state index is -1.10. The fourth-order valence-electron chi connectivity index (χ4n) is 4.77. The number of amides is 2. The summed E-state index contributed by atoms with van der Waals surface area (Å²) in [6, 6.07) is 0. The molecule has 2 aliphatic carbocycles. The molecule has 2 heterocycles. The summed E-state index contributed by atoms with van der Waals surface area (Å²) in [5, 5.41) is 6.47. The van der Waals surface area contributed by atoms with Gasteiger partial charge in [0.25, 0.3) is 5.91 Å². The maximum atomic E-state index is 13.2. The van der Waals surface area contributed by atoms with Gasteiger partial charge in [-0.2, -0.15) is 0 Å². The molecular formula is C26H32N2O6S2. The van der Waals surface area contributed by atoms with Crippen LogP contribution in [0.3, 0.4) is 0 Å². The molecule has 194 valence electrons. The number of anilines is 2. The van der Waals surface area contributed by atoms with Crippen molar-refractivity contribution in [1.82, 2.24) is 0 Å². The van der Waals surface area contributed by atoms with Crippen LogP contribution in [-0.2, 0) is 44.7 Å². The van der Waals surface area contributed by atoms with E-state index in [1.165, 1.54) is 36.5 Å². The highest BCUT2D eigenvalue weighted by Crippen LogP contribution is 2.41. The summed E-state index contributed by atoms with van der Waals surface area (Å²) in [6.45, 7) is 7.06. The first-order valence-electron chi connectivity index (χ1n) is 12.4. The van der Waals surface area contributed by atoms with E-state index < -0.39 is 23.9 Å². The molecule has 8 nitrogen and oxygen atoms in total. The van der Waals surface area contributed by atoms with Gasteiger partial charge in [0.05, 0.1) is 17.7 Å². The molecule has 0 radical (unpaired) electrons. The summed E-state index contributed by atoms with van der Waals surface area (Å²) in [6.07, 6.45) is 5.06. The summed E-state index contributed by atoms with van der Waals surface area (Å²) in [5.74, 6) is -1.37. The fourth-order valence-corrected chi connectivity index (χ4v) is 7.50. The monoisotopic (exact) mass is 532 g/mol. The van der Waals surface area contributed by atoms with Crippen molar-refractivity contribution in [3.8, 4) is 0 Å². The van der Waals surface area contributed by atoms with Gasteiger partial charge in [0, 0.05) is 16.7 Å². The molecule has 2 aliphatic rings. The maximum absolute atomic E-state index is 13.2. The van der Waals surface area contributed by atoms with Crippen LogP contribution in [-0.4, -0.2) is 36.5 Å². The van der Waals surface area contributed by atoms with Gasteiger partial charge < -0.3 is 20.1 Å².